The molecule has 1 aliphatic carbocycles. The number of allylic oxidation sites excluding steroid dienone is 2. The Bertz CT molecular complexity index is 403. The van der Waals surface area contributed by atoms with Gasteiger partial charge in [0.05, 0.1) is 10.8 Å². The van der Waals surface area contributed by atoms with Gasteiger partial charge in [-0.3, -0.25) is 0 Å². The SMILES string of the molecule is Cc1ccc(S(=O)C2=CCCC2C)cc1. The Balaban J connectivity index is 2.25. The van der Waals surface area contributed by atoms with Crippen molar-refractivity contribution in [2.75, 3.05) is 0 Å². The zero-order valence-electron chi connectivity index (χ0n) is 9.19. The molecule has 1 nitrogen and oxygen atoms in total. The van der Waals surface area contributed by atoms with Gasteiger partial charge in [0.25, 0.3) is 0 Å². The third-order valence-electron chi connectivity index (χ3n) is 2.88. The Kier molecular flexibility index (Phi) is 3.06. The van der Waals surface area contributed by atoms with E-state index in [2.05, 4.69) is 13.0 Å². The van der Waals surface area contributed by atoms with Crippen LogP contribution < -0.4 is 0 Å². The van der Waals surface area contributed by atoms with Crippen molar-refractivity contribution >= 4 is 10.8 Å². The molecule has 0 saturated heterocycles. The summed E-state index contributed by atoms with van der Waals surface area (Å²) in [5, 5.41) is 0. The van der Waals surface area contributed by atoms with Crippen molar-refractivity contribution in [1.82, 2.24) is 0 Å². The summed E-state index contributed by atoms with van der Waals surface area (Å²) in [6.45, 7) is 4.20. The van der Waals surface area contributed by atoms with Crippen molar-refractivity contribution in [3.8, 4) is 0 Å². The lowest BCUT2D eigenvalue weighted by Gasteiger charge is -2.08. The molecule has 1 aliphatic rings. The van der Waals surface area contributed by atoms with Crippen LogP contribution in [0.5, 0.6) is 0 Å². The second-order valence-corrected chi connectivity index (χ2v) is 5.65. The van der Waals surface area contributed by atoms with E-state index in [1.165, 1.54) is 5.56 Å². The van der Waals surface area contributed by atoms with Crippen LogP contribution in [0.1, 0.15) is 25.3 Å². The van der Waals surface area contributed by atoms with Gasteiger partial charge in [-0.05, 0) is 37.8 Å². The summed E-state index contributed by atoms with van der Waals surface area (Å²) in [6, 6.07) is 7.98. The maximum absolute atomic E-state index is 12.2. The molecular formula is C13H16OS. The van der Waals surface area contributed by atoms with Gasteiger partial charge in [-0.25, -0.2) is 4.21 Å². The zero-order chi connectivity index (χ0) is 10.8. The lowest BCUT2D eigenvalue weighted by atomic mass is 10.2. The third kappa shape index (κ3) is 2.20. The van der Waals surface area contributed by atoms with Gasteiger partial charge in [0.15, 0.2) is 0 Å². The van der Waals surface area contributed by atoms with E-state index in [1.54, 1.807) is 0 Å². The number of hydrogen-bond donors (Lipinski definition) is 0. The molecule has 2 rings (SSSR count). The van der Waals surface area contributed by atoms with E-state index in [-0.39, 0.29) is 0 Å². The quantitative estimate of drug-likeness (QED) is 0.746. The van der Waals surface area contributed by atoms with Gasteiger partial charge in [0.1, 0.15) is 0 Å². The summed E-state index contributed by atoms with van der Waals surface area (Å²) in [5.41, 5.74) is 1.21. The van der Waals surface area contributed by atoms with Gasteiger partial charge in [-0.15, -0.1) is 0 Å². The molecule has 2 heteroatoms. The molecule has 0 aliphatic heterocycles. The fraction of sp³-hybridized carbons (Fsp3) is 0.385. The van der Waals surface area contributed by atoms with E-state index < -0.39 is 10.8 Å². The molecule has 0 saturated carbocycles. The van der Waals surface area contributed by atoms with Crippen LogP contribution in [0.3, 0.4) is 0 Å². The van der Waals surface area contributed by atoms with E-state index >= 15 is 0 Å². The highest BCUT2D eigenvalue weighted by Gasteiger charge is 2.20. The van der Waals surface area contributed by atoms with E-state index in [4.69, 9.17) is 0 Å². The van der Waals surface area contributed by atoms with Gasteiger partial charge in [-0.2, -0.15) is 0 Å². The minimum Gasteiger partial charge on any atom is -0.249 e. The van der Waals surface area contributed by atoms with Gasteiger partial charge >= 0.3 is 0 Å². The maximum atomic E-state index is 12.2. The highest BCUT2D eigenvalue weighted by molar-refractivity contribution is 7.89. The van der Waals surface area contributed by atoms with Gasteiger partial charge in [-0.1, -0.05) is 30.7 Å². The second-order valence-electron chi connectivity index (χ2n) is 4.17. The number of hydrogen-bond acceptors (Lipinski definition) is 1. The fourth-order valence-electron chi connectivity index (χ4n) is 1.88. The molecule has 1 aromatic carbocycles. The minimum atomic E-state index is -0.936. The molecule has 0 amide bonds. The lowest BCUT2D eigenvalue weighted by molar-refractivity contribution is 0.664. The van der Waals surface area contributed by atoms with E-state index in [9.17, 15) is 4.21 Å². The normalized spacial score (nSPS) is 22.5. The number of aryl methyl sites for hydroxylation is 1. The summed E-state index contributed by atoms with van der Waals surface area (Å²) < 4.78 is 12.2. The Labute approximate surface area is 93.7 Å². The number of rotatable bonds is 2. The summed E-state index contributed by atoms with van der Waals surface area (Å²) >= 11 is 0. The fourth-order valence-corrected chi connectivity index (χ4v) is 3.28. The summed E-state index contributed by atoms with van der Waals surface area (Å²) in [5.74, 6) is 0.479. The van der Waals surface area contributed by atoms with Crippen LogP contribution >= 0.6 is 0 Å². The van der Waals surface area contributed by atoms with E-state index in [0.717, 1.165) is 22.6 Å². The first kappa shape index (κ1) is 10.6. The van der Waals surface area contributed by atoms with Crippen molar-refractivity contribution in [2.45, 2.75) is 31.6 Å². The minimum absolute atomic E-state index is 0.479. The van der Waals surface area contributed by atoms with Gasteiger partial charge in [0, 0.05) is 9.80 Å². The molecule has 0 N–H and O–H groups in total. The zero-order valence-corrected chi connectivity index (χ0v) is 10.0. The molecule has 0 bridgehead atoms. The summed E-state index contributed by atoms with van der Waals surface area (Å²) in [6.07, 6.45) is 4.36. The van der Waals surface area contributed by atoms with Crippen molar-refractivity contribution in [3.05, 3.63) is 40.8 Å². The predicted molar refractivity (Wildman–Crippen MR) is 64.1 cm³/mol. The lowest BCUT2D eigenvalue weighted by Crippen LogP contribution is -2.01. The van der Waals surface area contributed by atoms with Crippen LogP contribution in [0.4, 0.5) is 0 Å². The van der Waals surface area contributed by atoms with E-state index in [0.29, 0.717) is 5.92 Å². The first-order valence-electron chi connectivity index (χ1n) is 5.37. The van der Waals surface area contributed by atoms with Gasteiger partial charge in [0.2, 0.25) is 0 Å². The van der Waals surface area contributed by atoms with Crippen LogP contribution in [0, 0.1) is 12.8 Å². The Morgan fingerprint density at radius 2 is 1.93 bits per heavy atom. The smallest absolute Gasteiger partial charge is 0.0807 e. The third-order valence-corrected chi connectivity index (χ3v) is 4.58. The molecule has 2 unspecified atom stereocenters. The molecule has 0 fully saturated rings. The van der Waals surface area contributed by atoms with Crippen LogP contribution in [-0.4, -0.2) is 4.21 Å². The Morgan fingerprint density at radius 3 is 2.47 bits per heavy atom. The maximum Gasteiger partial charge on any atom is 0.0807 e. The summed E-state index contributed by atoms with van der Waals surface area (Å²) in [4.78, 5) is 2.04. The van der Waals surface area contributed by atoms with Crippen molar-refractivity contribution in [3.63, 3.8) is 0 Å². The van der Waals surface area contributed by atoms with E-state index in [1.807, 2.05) is 31.2 Å². The molecule has 1 aromatic rings. The molecule has 80 valence electrons. The van der Waals surface area contributed by atoms with Crippen molar-refractivity contribution in [1.29, 1.82) is 0 Å². The van der Waals surface area contributed by atoms with Crippen LogP contribution in [0.2, 0.25) is 0 Å². The first-order chi connectivity index (χ1) is 7.18. The Hall–Kier alpha value is -0.890. The second kappa shape index (κ2) is 4.31. The molecule has 0 heterocycles. The van der Waals surface area contributed by atoms with Crippen molar-refractivity contribution in [2.24, 2.45) is 5.92 Å². The molecule has 2 atom stereocenters. The van der Waals surface area contributed by atoms with Crippen LogP contribution in [-0.2, 0) is 10.8 Å². The highest BCUT2D eigenvalue weighted by atomic mass is 32.2. The predicted octanol–water partition coefficient (Wildman–Crippen LogP) is 3.42. The molecule has 15 heavy (non-hydrogen) atoms. The standard InChI is InChI=1S/C13H16OS/c1-10-6-8-12(9-7-10)15(14)13-5-3-4-11(13)2/h5-9,11H,3-4H2,1-2H3. The topological polar surface area (TPSA) is 17.1 Å². The largest absolute Gasteiger partial charge is 0.249 e. The van der Waals surface area contributed by atoms with Crippen molar-refractivity contribution < 1.29 is 4.21 Å². The summed E-state index contributed by atoms with van der Waals surface area (Å²) in [7, 11) is -0.936. The molecule has 0 radical (unpaired) electrons. The molecule has 0 spiro atoms. The monoisotopic (exact) mass is 220 g/mol. The Morgan fingerprint density at radius 1 is 1.27 bits per heavy atom. The van der Waals surface area contributed by atoms with Crippen LogP contribution in [0.15, 0.2) is 40.1 Å². The average Bonchev–Trinajstić information content (AvgIpc) is 2.65. The van der Waals surface area contributed by atoms with Crippen LogP contribution in [0.25, 0.3) is 0 Å². The molecular weight excluding hydrogens is 204 g/mol. The number of benzene rings is 1. The first-order valence-corrected chi connectivity index (χ1v) is 6.52. The molecule has 0 aromatic heterocycles. The highest BCUT2D eigenvalue weighted by Crippen LogP contribution is 2.30. The van der Waals surface area contributed by atoms with Gasteiger partial charge < -0.3 is 0 Å². The average molecular weight is 220 g/mol.